The lowest BCUT2D eigenvalue weighted by Gasteiger charge is -2.04. The van der Waals surface area contributed by atoms with E-state index >= 15 is 0 Å². The fourth-order valence-corrected chi connectivity index (χ4v) is 1.96. The van der Waals surface area contributed by atoms with Crippen molar-refractivity contribution >= 4 is 5.97 Å². The van der Waals surface area contributed by atoms with Crippen LogP contribution in [0.2, 0.25) is 0 Å². The number of carbonyl (C=O) groups excluding carboxylic acids is 1. The topological polar surface area (TPSA) is 70.3 Å². The standard InChI is InChI=1S/C16H27NO3/c1-2-3-4-5-6-7-8-9-10-11-12-20-16(19)15(13-17)14-18/h14,18H,2-12H2,1H3. The van der Waals surface area contributed by atoms with Gasteiger partial charge < -0.3 is 9.84 Å². The average molecular weight is 281 g/mol. The molecule has 0 aliphatic rings. The van der Waals surface area contributed by atoms with E-state index in [1.54, 1.807) is 6.07 Å². The molecule has 0 radical (unpaired) electrons. The highest BCUT2D eigenvalue weighted by molar-refractivity contribution is 5.92. The molecule has 0 bridgehead atoms. The molecule has 0 aromatic carbocycles. The number of hydrogen-bond acceptors (Lipinski definition) is 4. The molecule has 1 N–H and O–H groups in total. The van der Waals surface area contributed by atoms with Gasteiger partial charge in [0, 0.05) is 0 Å². The molecule has 4 nitrogen and oxygen atoms in total. The molecule has 0 spiro atoms. The zero-order valence-corrected chi connectivity index (χ0v) is 12.6. The van der Waals surface area contributed by atoms with Gasteiger partial charge in [0.25, 0.3) is 0 Å². The summed E-state index contributed by atoms with van der Waals surface area (Å²) in [5.41, 5.74) is -0.350. The molecule has 0 unspecified atom stereocenters. The zero-order chi connectivity index (χ0) is 15.1. The number of nitrogens with zero attached hydrogens (tertiary/aromatic N) is 1. The van der Waals surface area contributed by atoms with E-state index in [1.165, 1.54) is 44.9 Å². The Labute approximate surface area is 122 Å². The lowest BCUT2D eigenvalue weighted by molar-refractivity contribution is -0.138. The molecular formula is C16H27NO3. The Balaban J connectivity index is 3.29. The first-order chi connectivity index (χ1) is 9.76. The summed E-state index contributed by atoms with van der Waals surface area (Å²) in [6.07, 6.45) is 12.7. The fraction of sp³-hybridized carbons (Fsp3) is 0.750. The smallest absolute Gasteiger partial charge is 0.352 e. The molecule has 4 heteroatoms. The predicted octanol–water partition coefficient (Wildman–Crippen LogP) is 4.42. The first-order valence-corrected chi connectivity index (χ1v) is 7.67. The third kappa shape index (κ3) is 10.4. The van der Waals surface area contributed by atoms with E-state index in [0.29, 0.717) is 12.9 Å². The summed E-state index contributed by atoms with van der Waals surface area (Å²) >= 11 is 0. The number of carbonyl (C=O) groups is 1. The second-order valence-electron chi connectivity index (χ2n) is 4.97. The van der Waals surface area contributed by atoms with Crippen molar-refractivity contribution < 1.29 is 14.6 Å². The number of aliphatic hydroxyl groups is 1. The largest absolute Gasteiger partial charge is 0.514 e. The van der Waals surface area contributed by atoms with E-state index < -0.39 is 5.97 Å². The highest BCUT2D eigenvalue weighted by Gasteiger charge is 2.09. The Morgan fingerprint density at radius 2 is 1.55 bits per heavy atom. The molecule has 0 aromatic heterocycles. The van der Waals surface area contributed by atoms with E-state index in [2.05, 4.69) is 6.92 Å². The van der Waals surface area contributed by atoms with Gasteiger partial charge in [-0.15, -0.1) is 0 Å². The minimum absolute atomic E-state index is 0.314. The minimum Gasteiger partial charge on any atom is -0.514 e. The van der Waals surface area contributed by atoms with E-state index in [0.717, 1.165) is 19.3 Å². The van der Waals surface area contributed by atoms with Crippen LogP contribution in [-0.4, -0.2) is 17.7 Å². The number of esters is 1. The summed E-state index contributed by atoms with van der Waals surface area (Å²) in [6.45, 7) is 2.54. The minimum atomic E-state index is -0.745. The quantitative estimate of drug-likeness (QED) is 0.189. The van der Waals surface area contributed by atoms with Gasteiger partial charge in [-0.2, -0.15) is 5.26 Å². The van der Waals surface area contributed by atoms with Crippen LogP contribution in [0.1, 0.15) is 71.1 Å². The van der Waals surface area contributed by atoms with Crippen LogP contribution >= 0.6 is 0 Å². The maximum atomic E-state index is 11.2. The van der Waals surface area contributed by atoms with Crippen molar-refractivity contribution in [2.45, 2.75) is 71.1 Å². The van der Waals surface area contributed by atoms with Crippen LogP contribution in [0.15, 0.2) is 11.8 Å². The molecule has 0 rings (SSSR count). The third-order valence-corrected chi connectivity index (χ3v) is 3.20. The maximum absolute atomic E-state index is 11.2. The molecule has 0 aliphatic carbocycles. The van der Waals surface area contributed by atoms with Gasteiger partial charge >= 0.3 is 5.97 Å². The number of unbranched alkanes of at least 4 members (excludes halogenated alkanes) is 9. The van der Waals surface area contributed by atoms with Gasteiger partial charge in [-0.05, 0) is 6.42 Å². The highest BCUT2D eigenvalue weighted by atomic mass is 16.5. The van der Waals surface area contributed by atoms with Crippen molar-refractivity contribution in [1.29, 1.82) is 5.26 Å². The lowest BCUT2D eigenvalue weighted by Crippen LogP contribution is -2.08. The number of ether oxygens (including phenoxy) is 1. The van der Waals surface area contributed by atoms with Crippen molar-refractivity contribution in [3.05, 3.63) is 11.8 Å². The molecule has 114 valence electrons. The maximum Gasteiger partial charge on any atom is 0.352 e. The van der Waals surface area contributed by atoms with Gasteiger partial charge in [-0.25, -0.2) is 4.79 Å². The van der Waals surface area contributed by atoms with Gasteiger partial charge in [0.05, 0.1) is 6.61 Å². The van der Waals surface area contributed by atoms with Gasteiger partial charge in [0.2, 0.25) is 0 Å². The summed E-state index contributed by atoms with van der Waals surface area (Å²) in [5.74, 6) is -0.745. The van der Waals surface area contributed by atoms with Gasteiger partial charge in [-0.3, -0.25) is 0 Å². The van der Waals surface area contributed by atoms with Gasteiger partial charge in [0.15, 0.2) is 5.57 Å². The molecule has 0 fully saturated rings. The van der Waals surface area contributed by atoms with Gasteiger partial charge in [-0.1, -0.05) is 64.7 Å². The third-order valence-electron chi connectivity index (χ3n) is 3.20. The van der Waals surface area contributed by atoms with Crippen LogP contribution < -0.4 is 0 Å². The Morgan fingerprint density at radius 1 is 1.05 bits per heavy atom. The Kier molecular flexibility index (Phi) is 12.9. The summed E-state index contributed by atoms with van der Waals surface area (Å²) in [6, 6.07) is 1.58. The molecule has 0 atom stereocenters. The number of rotatable bonds is 12. The number of hydrogen-bond donors (Lipinski definition) is 1. The molecule has 0 amide bonds. The number of aliphatic hydroxyl groups excluding tert-OH is 1. The number of nitriles is 1. The first kappa shape index (κ1) is 18.5. The zero-order valence-electron chi connectivity index (χ0n) is 12.6. The molecular weight excluding hydrogens is 254 g/mol. The normalized spacial score (nSPS) is 11.1. The van der Waals surface area contributed by atoms with Crippen molar-refractivity contribution in [3.8, 4) is 6.07 Å². The van der Waals surface area contributed by atoms with Crippen molar-refractivity contribution in [2.75, 3.05) is 6.61 Å². The van der Waals surface area contributed by atoms with E-state index in [4.69, 9.17) is 15.1 Å². The summed E-state index contributed by atoms with van der Waals surface area (Å²) < 4.78 is 4.87. The van der Waals surface area contributed by atoms with E-state index in [1.807, 2.05) is 0 Å². The first-order valence-electron chi connectivity index (χ1n) is 7.67. The second-order valence-corrected chi connectivity index (χ2v) is 4.97. The Hall–Kier alpha value is -1.50. The summed E-state index contributed by atoms with van der Waals surface area (Å²) in [5, 5.41) is 17.1. The second kappa shape index (κ2) is 13.9. The molecule has 0 aromatic rings. The average Bonchev–Trinajstić information content (AvgIpc) is 2.46. The fourth-order valence-electron chi connectivity index (χ4n) is 1.96. The summed E-state index contributed by atoms with van der Waals surface area (Å²) in [7, 11) is 0. The van der Waals surface area contributed by atoms with Crippen LogP contribution in [0.25, 0.3) is 0 Å². The van der Waals surface area contributed by atoms with E-state index in [9.17, 15) is 4.79 Å². The molecule has 0 heterocycles. The Bertz CT molecular complexity index is 318. The monoisotopic (exact) mass is 281 g/mol. The SMILES string of the molecule is CCCCCCCCCCCCOC(=O)C(C#N)=CO. The highest BCUT2D eigenvalue weighted by Crippen LogP contribution is 2.10. The molecule has 0 saturated heterocycles. The van der Waals surface area contributed by atoms with E-state index in [-0.39, 0.29) is 5.57 Å². The van der Waals surface area contributed by atoms with Crippen molar-refractivity contribution in [1.82, 2.24) is 0 Å². The van der Waals surface area contributed by atoms with Crippen LogP contribution in [-0.2, 0) is 9.53 Å². The molecule has 0 saturated carbocycles. The van der Waals surface area contributed by atoms with Crippen LogP contribution in [0.3, 0.4) is 0 Å². The van der Waals surface area contributed by atoms with Crippen LogP contribution in [0.5, 0.6) is 0 Å². The van der Waals surface area contributed by atoms with Gasteiger partial charge in [0.1, 0.15) is 12.3 Å². The lowest BCUT2D eigenvalue weighted by atomic mass is 10.1. The summed E-state index contributed by atoms with van der Waals surface area (Å²) in [4.78, 5) is 11.2. The van der Waals surface area contributed by atoms with Crippen LogP contribution in [0, 0.1) is 11.3 Å². The molecule has 0 aliphatic heterocycles. The van der Waals surface area contributed by atoms with Crippen molar-refractivity contribution in [2.24, 2.45) is 0 Å². The van der Waals surface area contributed by atoms with Crippen LogP contribution in [0.4, 0.5) is 0 Å². The Morgan fingerprint density at radius 3 is 2.00 bits per heavy atom. The molecule has 20 heavy (non-hydrogen) atoms. The predicted molar refractivity (Wildman–Crippen MR) is 79.1 cm³/mol. The van der Waals surface area contributed by atoms with Crippen molar-refractivity contribution in [3.63, 3.8) is 0 Å².